The lowest BCUT2D eigenvalue weighted by atomic mass is 9.92. The second-order valence-corrected chi connectivity index (χ2v) is 6.66. The molecule has 2 N–H and O–H groups in total. The fraction of sp³-hybridized carbons (Fsp3) is 0.625. The lowest BCUT2D eigenvalue weighted by molar-refractivity contribution is 0.396. The number of aryl methyl sites for hydroxylation is 1. The van der Waals surface area contributed by atoms with Crippen molar-refractivity contribution in [3.05, 3.63) is 29.8 Å². The molecule has 2 rings (SSSR count). The van der Waals surface area contributed by atoms with Crippen molar-refractivity contribution < 1.29 is 4.74 Å². The summed E-state index contributed by atoms with van der Waals surface area (Å²) in [6, 6.07) is 8.69. The van der Waals surface area contributed by atoms with Crippen molar-refractivity contribution >= 4 is 11.8 Å². The van der Waals surface area contributed by atoms with Gasteiger partial charge in [-0.3, -0.25) is 0 Å². The van der Waals surface area contributed by atoms with E-state index in [0.29, 0.717) is 6.04 Å². The smallest absolute Gasteiger partial charge is 0.118 e. The molecule has 0 spiro atoms. The molecule has 1 aliphatic heterocycles. The van der Waals surface area contributed by atoms with Crippen LogP contribution in [0.2, 0.25) is 0 Å². The number of thioether (sulfide) groups is 1. The van der Waals surface area contributed by atoms with Gasteiger partial charge in [-0.25, -0.2) is 0 Å². The van der Waals surface area contributed by atoms with Crippen LogP contribution in [-0.4, -0.2) is 24.7 Å². The molecule has 0 aromatic heterocycles. The molecule has 1 saturated heterocycles. The standard InChI is InChI=1S/C16H25NOS/c1-18-16-6-3-13(4-7-16)2-5-15(17)12-14-8-10-19-11-9-14/h3-4,6-7,14-15H,2,5,8-12,17H2,1H3. The molecule has 3 heteroatoms. The third kappa shape index (κ3) is 5.07. The minimum atomic E-state index is 0.357. The van der Waals surface area contributed by atoms with Gasteiger partial charge in [0.2, 0.25) is 0 Å². The number of nitrogens with two attached hydrogens (primary N) is 1. The predicted octanol–water partition coefficient (Wildman–Crippen LogP) is 3.49. The highest BCUT2D eigenvalue weighted by Gasteiger charge is 2.16. The lowest BCUT2D eigenvalue weighted by Crippen LogP contribution is -2.26. The van der Waals surface area contributed by atoms with Crippen molar-refractivity contribution in [3.8, 4) is 5.75 Å². The molecular weight excluding hydrogens is 254 g/mol. The molecule has 1 atom stereocenters. The zero-order valence-corrected chi connectivity index (χ0v) is 12.6. The van der Waals surface area contributed by atoms with Crippen molar-refractivity contribution in [2.45, 2.75) is 38.1 Å². The maximum Gasteiger partial charge on any atom is 0.118 e. The summed E-state index contributed by atoms with van der Waals surface area (Å²) in [4.78, 5) is 0. The average Bonchev–Trinajstić information content (AvgIpc) is 2.47. The summed E-state index contributed by atoms with van der Waals surface area (Å²) < 4.78 is 5.17. The largest absolute Gasteiger partial charge is 0.497 e. The first-order chi connectivity index (χ1) is 9.28. The molecule has 1 fully saturated rings. The minimum Gasteiger partial charge on any atom is -0.497 e. The van der Waals surface area contributed by atoms with E-state index in [1.807, 2.05) is 12.1 Å². The van der Waals surface area contributed by atoms with Crippen LogP contribution >= 0.6 is 11.8 Å². The molecule has 0 saturated carbocycles. The number of hydrogen-bond donors (Lipinski definition) is 1. The summed E-state index contributed by atoms with van der Waals surface area (Å²) in [6.45, 7) is 0. The first-order valence-electron chi connectivity index (χ1n) is 7.24. The Morgan fingerprint density at radius 1 is 1.26 bits per heavy atom. The van der Waals surface area contributed by atoms with Crippen molar-refractivity contribution in [1.29, 1.82) is 0 Å². The van der Waals surface area contributed by atoms with Crippen LogP contribution in [0, 0.1) is 5.92 Å². The fourth-order valence-electron chi connectivity index (χ4n) is 2.67. The number of methoxy groups -OCH3 is 1. The third-order valence-electron chi connectivity index (χ3n) is 3.94. The van der Waals surface area contributed by atoms with E-state index in [1.54, 1.807) is 7.11 Å². The van der Waals surface area contributed by atoms with Crippen LogP contribution in [0.25, 0.3) is 0 Å². The van der Waals surface area contributed by atoms with Crippen LogP contribution in [0.5, 0.6) is 5.75 Å². The first kappa shape index (κ1) is 14.7. The van der Waals surface area contributed by atoms with Crippen molar-refractivity contribution in [1.82, 2.24) is 0 Å². The van der Waals surface area contributed by atoms with E-state index in [-0.39, 0.29) is 0 Å². The summed E-state index contributed by atoms with van der Waals surface area (Å²) >= 11 is 2.09. The minimum absolute atomic E-state index is 0.357. The van der Waals surface area contributed by atoms with Crippen molar-refractivity contribution in [2.24, 2.45) is 11.7 Å². The van der Waals surface area contributed by atoms with Crippen molar-refractivity contribution in [3.63, 3.8) is 0 Å². The van der Waals surface area contributed by atoms with Gasteiger partial charge < -0.3 is 10.5 Å². The van der Waals surface area contributed by atoms with Crippen LogP contribution in [-0.2, 0) is 6.42 Å². The number of hydrogen-bond acceptors (Lipinski definition) is 3. The highest BCUT2D eigenvalue weighted by molar-refractivity contribution is 7.99. The fourth-order valence-corrected chi connectivity index (χ4v) is 3.88. The molecule has 106 valence electrons. The molecule has 19 heavy (non-hydrogen) atoms. The molecular formula is C16H25NOS. The second-order valence-electron chi connectivity index (χ2n) is 5.44. The van der Waals surface area contributed by atoms with Gasteiger partial charge in [0.15, 0.2) is 0 Å². The Morgan fingerprint density at radius 2 is 1.95 bits per heavy atom. The lowest BCUT2D eigenvalue weighted by Gasteiger charge is -2.24. The van der Waals surface area contributed by atoms with E-state index in [2.05, 4.69) is 23.9 Å². The Morgan fingerprint density at radius 3 is 2.58 bits per heavy atom. The van der Waals surface area contributed by atoms with Crippen LogP contribution in [0.1, 0.15) is 31.2 Å². The second kappa shape index (κ2) is 7.81. The maximum atomic E-state index is 6.28. The summed E-state index contributed by atoms with van der Waals surface area (Å²) in [7, 11) is 1.70. The predicted molar refractivity (Wildman–Crippen MR) is 84.0 cm³/mol. The quantitative estimate of drug-likeness (QED) is 0.866. The molecule has 1 unspecified atom stereocenters. The van der Waals surface area contributed by atoms with Gasteiger partial charge in [-0.15, -0.1) is 0 Å². The summed E-state index contributed by atoms with van der Waals surface area (Å²) in [5.74, 6) is 4.45. The Bertz CT molecular complexity index is 360. The summed E-state index contributed by atoms with van der Waals surface area (Å²) in [6.07, 6.45) is 6.10. The van der Waals surface area contributed by atoms with Gasteiger partial charge in [-0.2, -0.15) is 11.8 Å². The SMILES string of the molecule is COc1ccc(CCC(N)CC2CCSCC2)cc1. The Labute approximate surface area is 121 Å². The average molecular weight is 279 g/mol. The van der Waals surface area contributed by atoms with Crippen LogP contribution in [0.15, 0.2) is 24.3 Å². The van der Waals surface area contributed by atoms with E-state index in [4.69, 9.17) is 10.5 Å². The normalized spacial score (nSPS) is 18.2. The Hall–Kier alpha value is -0.670. The van der Waals surface area contributed by atoms with Gasteiger partial charge in [0.25, 0.3) is 0 Å². The molecule has 2 nitrogen and oxygen atoms in total. The van der Waals surface area contributed by atoms with E-state index < -0.39 is 0 Å². The van der Waals surface area contributed by atoms with E-state index in [1.165, 1.54) is 36.3 Å². The Balaban J connectivity index is 1.71. The van der Waals surface area contributed by atoms with Crippen LogP contribution in [0.4, 0.5) is 0 Å². The van der Waals surface area contributed by atoms with Gasteiger partial charge in [0.05, 0.1) is 7.11 Å². The first-order valence-corrected chi connectivity index (χ1v) is 8.39. The Kier molecular flexibility index (Phi) is 6.05. The van der Waals surface area contributed by atoms with Crippen LogP contribution in [0.3, 0.4) is 0 Å². The van der Waals surface area contributed by atoms with Crippen molar-refractivity contribution in [2.75, 3.05) is 18.6 Å². The molecule has 0 amide bonds. The molecule has 1 heterocycles. The number of ether oxygens (including phenoxy) is 1. The third-order valence-corrected chi connectivity index (χ3v) is 4.99. The van der Waals surface area contributed by atoms with E-state index in [0.717, 1.165) is 24.5 Å². The number of rotatable bonds is 6. The zero-order chi connectivity index (χ0) is 13.5. The monoisotopic (exact) mass is 279 g/mol. The highest BCUT2D eigenvalue weighted by Crippen LogP contribution is 2.26. The highest BCUT2D eigenvalue weighted by atomic mass is 32.2. The van der Waals surface area contributed by atoms with E-state index >= 15 is 0 Å². The number of benzene rings is 1. The zero-order valence-electron chi connectivity index (χ0n) is 11.8. The van der Waals surface area contributed by atoms with E-state index in [9.17, 15) is 0 Å². The van der Waals surface area contributed by atoms with Gasteiger partial charge in [-0.05, 0) is 67.2 Å². The topological polar surface area (TPSA) is 35.2 Å². The summed E-state index contributed by atoms with van der Waals surface area (Å²) in [5, 5.41) is 0. The maximum absolute atomic E-state index is 6.28. The van der Waals surface area contributed by atoms with Gasteiger partial charge in [-0.1, -0.05) is 12.1 Å². The molecule has 0 bridgehead atoms. The van der Waals surface area contributed by atoms with Gasteiger partial charge in [0.1, 0.15) is 5.75 Å². The van der Waals surface area contributed by atoms with Crippen LogP contribution < -0.4 is 10.5 Å². The van der Waals surface area contributed by atoms with Gasteiger partial charge >= 0.3 is 0 Å². The molecule has 1 aromatic rings. The molecule has 1 aliphatic rings. The molecule has 0 radical (unpaired) electrons. The molecule has 1 aromatic carbocycles. The molecule has 0 aliphatic carbocycles. The van der Waals surface area contributed by atoms with Gasteiger partial charge in [0, 0.05) is 6.04 Å². The summed E-state index contributed by atoms with van der Waals surface area (Å²) in [5.41, 5.74) is 7.63.